The Morgan fingerprint density at radius 3 is 2.70 bits per heavy atom. The van der Waals surface area contributed by atoms with Crippen LogP contribution in [-0.2, 0) is 17.9 Å². The number of nitrogens with zero attached hydrogens (tertiary/aromatic N) is 2. The Morgan fingerprint density at radius 2 is 2.04 bits per heavy atom. The first-order chi connectivity index (χ1) is 10.7. The van der Waals surface area contributed by atoms with Crippen LogP contribution in [0.3, 0.4) is 0 Å². The van der Waals surface area contributed by atoms with Crippen molar-refractivity contribution in [2.24, 2.45) is 0 Å². The molecule has 0 aliphatic rings. The Bertz CT molecular complexity index is 687. The van der Waals surface area contributed by atoms with E-state index in [4.69, 9.17) is 9.26 Å². The molecule has 2 aromatic rings. The molecule has 0 saturated carbocycles. The van der Waals surface area contributed by atoms with Crippen molar-refractivity contribution in [2.45, 2.75) is 53.4 Å². The maximum atomic E-state index is 12.1. The van der Waals surface area contributed by atoms with Crippen molar-refractivity contribution in [1.82, 2.24) is 15.5 Å². The molecule has 0 saturated heterocycles. The number of aromatic nitrogens is 2. The van der Waals surface area contributed by atoms with Crippen LogP contribution >= 0.6 is 0 Å². The summed E-state index contributed by atoms with van der Waals surface area (Å²) in [4.78, 5) is 16.4. The summed E-state index contributed by atoms with van der Waals surface area (Å²) < 4.78 is 10.8. The number of aryl methyl sites for hydroxylation is 2. The Morgan fingerprint density at radius 1 is 1.30 bits per heavy atom. The third-order valence-electron chi connectivity index (χ3n) is 3.27. The fourth-order valence-corrected chi connectivity index (χ4v) is 1.81. The Hall–Kier alpha value is -2.21. The minimum absolute atomic E-state index is 0.233. The number of ether oxygens (including phenoxy) is 1. The summed E-state index contributed by atoms with van der Waals surface area (Å²) in [6.45, 7) is 10.4. The second-order valence-electron chi connectivity index (χ2n) is 6.47. The lowest BCUT2D eigenvalue weighted by molar-refractivity contribution is -0.0241. The number of amides is 1. The summed E-state index contributed by atoms with van der Waals surface area (Å²) in [6, 6.07) is 5.37. The molecule has 2 aromatic heterocycles. The van der Waals surface area contributed by atoms with Gasteiger partial charge in [-0.1, -0.05) is 11.2 Å². The van der Waals surface area contributed by atoms with Gasteiger partial charge in [-0.15, -0.1) is 0 Å². The molecule has 0 aliphatic carbocycles. The minimum Gasteiger partial charge on any atom is -0.368 e. The van der Waals surface area contributed by atoms with Gasteiger partial charge in [-0.2, -0.15) is 0 Å². The van der Waals surface area contributed by atoms with Crippen LogP contribution in [0.1, 0.15) is 54.0 Å². The number of carbonyl (C=O) groups is 1. The van der Waals surface area contributed by atoms with E-state index in [-0.39, 0.29) is 18.1 Å². The molecule has 1 amide bonds. The molecule has 0 atom stereocenters. The number of hydrogen-bond donors (Lipinski definition) is 1. The normalized spacial score (nSPS) is 11.5. The largest absolute Gasteiger partial charge is 0.368 e. The molecule has 2 rings (SSSR count). The zero-order chi connectivity index (χ0) is 17.0. The SMILES string of the molecule is Cc1ccc(C(=O)NCc2cc(COC(C)(C)C)on2)nc1C. The van der Waals surface area contributed by atoms with Crippen molar-refractivity contribution in [3.63, 3.8) is 0 Å². The second kappa shape index (κ2) is 6.91. The van der Waals surface area contributed by atoms with Gasteiger partial charge in [0.25, 0.3) is 5.91 Å². The van der Waals surface area contributed by atoms with Gasteiger partial charge in [0.2, 0.25) is 0 Å². The van der Waals surface area contributed by atoms with Gasteiger partial charge in [0.1, 0.15) is 18.0 Å². The lowest BCUT2D eigenvalue weighted by Gasteiger charge is -2.17. The quantitative estimate of drug-likeness (QED) is 0.917. The van der Waals surface area contributed by atoms with E-state index in [1.165, 1.54) is 0 Å². The second-order valence-corrected chi connectivity index (χ2v) is 6.47. The summed E-state index contributed by atoms with van der Waals surface area (Å²) in [6.07, 6.45) is 0. The highest BCUT2D eigenvalue weighted by Gasteiger charge is 2.13. The van der Waals surface area contributed by atoms with Crippen LogP contribution in [-0.4, -0.2) is 21.6 Å². The van der Waals surface area contributed by atoms with E-state index in [1.807, 2.05) is 40.7 Å². The number of carbonyl (C=O) groups excluding carboxylic acids is 1. The van der Waals surface area contributed by atoms with E-state index < -0.39 is 0 Å². The van der Waals surface area contributed by atoms with Gasteiger partial charge in [0.05, 0.1) is 12.1 Å². The molecular weight excluding hydrogens is 294 g/mol. The van der Waals surface area contributed by atoms with Crippen molar-refractivity contribution in [3.05, 3.63) is 46.6 Å². The molecule has 2 heterocycles. The molecule has 0 aromatic carbocycles. The zero-order valence-electron chi connectivity index (χ0n) is 14.3. The van der Waals surface area contributed by atoms with Crippen LogP contribution in [0.2, 0.25) is 0 Å². The predicted octanol–water partition coefficient (Wildman–Crippen LogP) is 2.93. The molecule has 0 spiro atoms. The monoisotopic (exact) mass is 317 g/mol. The maximum Gasteiger partial charge on any atom is 0.270 e. The van der Waals surface area contributed by atoms with Crippen LogP contribution in [0.15, 0.2) is 22.7 Å². The van der Waals surface area contributed by atoms with Gasteiger partial charge in [-0.05, 0) is 46.2 Å². The molecule has 0 bridgehead atoms. The van der Waals surface area contributed by atoms with Crippen LogP contribution in [0.5, 0.6) is 0 Å². The zero-order valence-corrected chi connectivity index (χ0v) is 14.3. The van der Waals surface area contributed by atoms with E-state index in [0.717, 1.165) is 11.3 Å². The van der Waals surface area contributed by atoms with Gasteiger partial charge >= 0.3 is 0 Å². The maximum absolute atomic E-state index is 12.1. The van der Waals surface area contributed by atoms with Crippen molar-refractivity contribution in [2.75, 3.05) is 0 Å². The summed E-state index contributed by atoms with van der Waals surface area (Å²) in [5, 5.41) is 6.71. The minimum atomic E-state index is -0.240. The molecule has 6 nitrogen and oxygen atoms in total. The Kier molecular flexibility index (Phi) is 5.15. The highest BCUT2D eigenvalue weighted by Crippen LogP contribution is 2.13. The van der Waals surface area contributed by atoms with Crippen LogP contribution in [0.4, 0.5) is 0 Å². The van der Waals surface area contributed by atoms with Crippen molar-refractivity contribution < 1.29 is 14.1 Å². The van der Waals surface area contributed by atoms with E-state index in [2.05, 4.69) is 15.5 Å². The van der Waals surface area contributed by atoms with Gasteiger partial charge < -0.3 is 14.6 Å². The van der Waals surface area contributed by atoms with Crippen molar-refractivity contribution in [3.8, 4) is 0 Å². The first kappa shape index (κ1) is 17.1. The first-order valence-corrected chi connectivity index (χ1v) is 7.55. The van der Waals surface area contributed by atoms with Crippen LogP contribution < -0.4 is 5.32 Å². The molecule has 0 radical (unpaired) electrons. The highest BCUT2D eigenvalue weighted by atomic mass is 16.5. The van der Waals surface area contributed by atoms with E-state index in [1.54, 1.807) is 12.1 Å². The predicted molar refractivity (Wildman–Crippen MR) is 85.9 cm³/mol. The van der Waals surface area contributed by atoms with Gasteiger partial charge in [-0.3, -0.25) is 4.79 Å². The fraction of sp³-hybridized carbons (Fsp3) is 0.471. The van der Waals surface area contributed by atoms with Crippen LogP contribution in [0.25, 0.3) is 0 Å². The number of pyridine rings is 1. The smallest absolute Gasteiger partial charge is 0.270 e. The van der Waals surface area contributed by atoms with E-state index in [0.29, 0.717) is 23.8 Å². The number of rotatable bonds is 5. The molecule has 6 heteroatoms. The Balaban J connectivity index is 1.89. The highest BCUT2D eigenvalue weighted by molar-refractivity contribution is 5.92. The standard InChI is InChI=1S/C17H23N3O3/c1-11-6-7-15(19-12(11)2)16(21)18-9-13-8-14(23-20-13)10-22-17(3,4)5/h6-8H,9-10H2,1-5H3,(H,18,21). The van der Waals surface area contributed by atoms with Crippen LogP contribution in [0, 0.1) is 13.8 Å². The molecule has 1 N–H and O–H groups in total. The summed E-state index contributed by atoms with van der Waals surface area (Å²) in [7, 11) is 0. The molecule has 124 valence electrons. The third-order valence-corrected chi connectivity index (χ3v) is 3.27. The first-order valence-electron chi connectivity index (χ1n) is 7.55. The molecule has 23 heavy (non-hydrogen) atoms. The van der Waals surface area contributed by atoms with Gasteiger partial charge in [0, 0.05) is 11.8 Å². The summed E-state index contributed by atoms with van der Waals surface area (Å²) >= 11 is 0. The van der Waals surface area contributed by atoms with Crippen molar-refractivity contribution >= 4 is 5.91 Å². The topological polar surface area (TPSA) is 77.2 Å². The molecular formula is C17H23N3O3. The Labute approximate surface area is 136 Å². The van der Waals surface area contributed by atoms with Gasteiger partial charge in [0.15, 0.2) is 5.76 Å². The van der Waals surface area contributed by atoms with Crippen molar-refractivity contribution in [1.29, 1.82) is 0 Å². The third kappa shape index (κ3) is 5.17. The lowest BCUT2D eigenvalue weighted by atomic mass is 10.2. The number of hydrogen-bond acceptors (Lipinski definition) is 5. The molecule has 0 fully saturated rings. The summed E-state index contributed by atoms with van der Waals surface area (Å²) in [5.74, 6) is 0.400. The lowest BCUT2D eigenvalue weighted by Crippen LogP contribution is -2.24. The average Bonchev–Trinajstić information content (AvgIpc) is 2.93. The van der Waals surface area contributed by atoms with Gasteiger partial charge in [-0.25, -0.2) is 4.98 Å². The average molecular weight is 317 g/mol. The summed E-state index contributed by atoms with van der Waals surface area (Å²) in [5.41, 5.74) is 2.71. The fourth-order valence-electron chi connectivity index (χ4n) is 1.81. The molecule has 0 aliphatic heterocycles. The van der Waals surface area contributed by atoms with E-state index in [9.17, 15) is 4.79 Å². The number of nitrogens with one attached hydrogen (secondary N) is 1. The van der Waals surface area contributed by atoms with E-state index >= 15 is 0 Å². The molecule has 0 unspecified atom stereocenters.